The van der Waals surface area contributed by atoms with Crippen LogP contribution in [0.15, 0.2) is 22.8 Å². The average Bonchev–Trinajstić information content (AvgIpc) is 2.97. The molecule has 0 aliphatic heterocycles. The van der Waals surface area contributed by atoms with Gasteiger partial charge in [-0.2, -0.15) is 0 Å². The number of rotatable bonds is 2. The van der Waals surface area contributed by atoms with Crippen LogP contribution in [0.4, 0.5) is 0 Å². The zero-order valence-electron chi connectivity index (χ0n) is 10.0. The van der Waals surface area contributed by atoms with Crippen molar-refractivity contribution in [3.05, 3.63) is 46.7 Å². The van der Waals surface area contributed by atoms with Crippen molar-refractivity contribution in [2.24, 2.45) is 0 Å². The van der Waals surface area contributed by atoms with Gasteiger partial charge in [-0.3, -0.25) is 9.59 Å². The summed E-state index contributed by atoms with van der Waals surface area (Å²) in [7, 11) is 0. The highest BCUT2D eigenvalue weighted by Gasteiger charge is 2.31. The zero-order chi connectivity index (χ0) is 12.7. The second-order valence-electron chi connectivity index (χ2n) is 4.68. The molecule has 1 N–H and O–H groups in total. The molecule has 18 heavy (non-hydrogen) atoms. The molecule has 0 fully saturated rings. The first kappa shape index (κ1) is 11.0. The van der Waals surface area contributed by atoms with Crippen molar-refractivity contribution >= 4 is 12.1 Å². The summed E-state index contributed by atoms with van der Waals surface area (Å²) in [5.41, 5.74) is 2.82. The molecule has 4 nitrogen and oxygen atoms in total. The van der Waals surface area contributed by atoms with Gasteiger partial charge in [-0.25, -0.2) is 0 Å². The van der Waals surface area contributed by atoms with Gasteiger partial charge in [-0.05, 0) is 31.0 Å². The van der Waals surface area contributed by atoms with E-state index in [1.54, 1.807) is 6.26 Å². The van der Waals surface area contributed by atoms with E-state index in [1.807, 2.05) is 19.1 Å². The number of nitrogens with one attached hydrogen (secondary N) is 1. The lowest BCUT2D eigenvalue weighted by Gasteiger charge is -2.19. The van der Waals surface area contributed by atoms with Crippen molar-refractivity contribution in [1.29, 1.82) is 0 Å². The van der Waals surface area contributed by atoms with E-state index in [0.29, 0.717) is 24.1 Å². The van der Waals surface area contributed by atoms with Gasteiger partial charge in [0.15, 0.2) is 12.1 Å². The summed E-state index contributed by atoms with van der Waals surface area (Å²) in [5.74, 6) is 0.978. The standard InChI is InChI=1S/C14H13NO3/c1-8-11(7-16)15-10-5-9(6-12(17)14(8)10)13-3-2-4-18-13/h2-4,7,9,15H,5-6H2,1H3. The van der Waals surface area contributed by atoms with Crippen LogP contribution in [0.3, 0.4) is 0 Å². The Kier molecular flexibility index (Phi) is 2.44. The first-order valence-corrected chi connectivity index (χ1v) is 5.94. The van der Waals surface area contributed by atoms with Crippen LogP contribution in [0, 0.1) is 6.92 Å². The van der Waals surface area contributed by atoms with Crippen molar-refractivity contribution in [1.82, 2.24) is 4.98 Å². The Labute approximate surface area is 104 Å². The van der Waals surface area contributed by atoms with Gasteiger partial charge < -0.3 is 9.40 Å². The predicted molar refractivity (Wildman–Crippen MR) is 65.0 cm³/mol. The molecule has 1 aliphatic rings. The molecule has 3 rings (SSSR count). The summed E-state index contributed by atoms with van der Waals surface area (Å²) in [6.45, 7) is 1.81. The summed E-state index contributed by atoms with van der Waals surface area (Å²) in [6, 6.07) is 3.71. The molecule has 2 aromatic rings. The maximum Gasteiger partial charge on any atom is 0.166 e. The Morgan fingerprint density at radius 3 is 2.94 bits per heavy atom. The van der Waals surface area contributed by atoms with E-state index in [2.05, 4.69) is 4.98 Å². The number of aldehydes is 1. The minimum absolute atomic E-state index is 0.0672. The molecule has 0 radical (unpaired) electrons. The lowest BCUT2D eigenvalue weighted by Crippen LogP contribution is -2.18. The fourth-order valence-corrected chi connectivity index (χ4v) is 2.70. The number of hydrogen-bond donors (Lipinski definition) is 1. The number of ketones is 1. The van der Waals surface area contributed by atoms with Crippen LogP contribution in [-0.4, -0.2) is 17.1 Å². The van der Waals surface area contributed by atoms with E-state index in [1.165, 1.54) is 0 Å². The average molecular weight is 243 g/mol. The molecule has 1 atom stereocenters. The molecular formula is C14H13NO3. The molecule has 1 aliphatic carbocycles. The summed E-state index contributed by atoms with van der Waals surface area (Å²) < 4.78 is 5.36. The van der Waals surface area contributed by atoms with Crippen LogP contribution in [0.25, 0.3) is 0 Å². The van der Waals surface area contributed by atoms with Gasteiger partial charge in [-0.1, -0.05) is 0 Å². The van der Waals surface area contributed by atoms with Crippen LogP contribution in [0.5, 0.6) is 0 Å². The third-order valence-corrected chi connectivity index (χ3v) is 3.59. The predicted octanol–water partition coefficient (Wildman–Crippen LogP) is 2.64. The van der Waals surface area contributed by atoms with E-state index >= 15 is 0 Å². The number of carbonyl (C=O) groups is 2. The summed E-state index contributed by atoms with van der Waals surface area (Å²) in [5, 5.41) is 0. The van der Waals surface area contributed by atoms with E-state index in [9.17, 15) is 9.59 Å². The molecule has 0 spiro atoms. The molecule has 2 aromatic heterocycles. The number of Topliss-reactive ketones (excluding diaryl/α,β-unsaturated/α-hetero) is 1. The number of aromatic nitrogens is 1. The van der Waals surface area contributed by atoms with Gasteiger partial charge in [0.1, 0.15) is 5.76 Å². The number of carbonyl (C=O) groups excluding carboxylic acids is 2. The minimum atomic E-state index is 0.0672. The molecule has 0 saturated heterocycles. The van der Waals surface area contributed by atoms with Crippen molar-refractivity contribution in [2.75, 3.05) is 0 Å². The number of aromatic amines is 1. The molecule has 0 amide bonds. The normalized spacial score (nSPS) is 18.7. The maximum atomic E-state index is 12.2. The largest absolute Gasteiger partial charge is 0.469 e. The molecule has 92 valence electrons. The topological polar surface area (TPSA) is 63.1 Å². The number of hydrogen-bond acceptors (Lipinski definition) is 3. The van der Waals surface area contributed by atoms with Gasteiger partial charge in [0.2, 0.25) is 0 Å². The van der Waals surface area contributed by atoms with Gasteiger partial charge in [0.05, 0.1) is 12.0 Å². The van der Waals surface area contributed by atoms with Gasteiger partial charge in [-0.15, -0.1) is 0 Å². The Hall–Kier alpha value is -2.10. The van der Waals surface area contributed by atoms with Crippen LogP contribution in [0.2, 0.25) is 0 Å². The molecule has 2 heterocycles. The highest BCUT2D eigenvalue weighted by Crippen LogP contribution is 2.34. The lowest BCUT2D eigenvalue weighted by molar-refractivity contribution is 0.0959. The van der Waals surface area contributed by atoms with E-state index in [0.717, 1.165) is 23.3 Å². The zero-order valence-corrected chi connectivity index (χ0v) is 10.0. The number of fused-ring (bicyclic) bond motifs is 1. The molecular weight excluding hydrogens is 230 g/mol. The van der Waals surface area contributed by atoms with E-state index in [-0.39, 0.29) is 11.7 Å². The van der Waals surface area contributed by atoms with Gasteiger partial charge in [0, 0.05) is 23.6 Å². The number of H-pyrrole nitrogens is 1. The van der Waals surface area contributed by atoms with Crippen LogP contribution >= 0.6 is 0 Å². The third-order valence-electron chi connectivity index (χ3n) is 3.59. The third kappa shape index (κ3) is 1.53. The second-order valence-corrected chi connectivity index (χ2v) is 4.68. The molecule has 1 unspecified atom stereocenters. The highest BCUT2D eigenvalue weighted by atomic mass is 16.3. The molecule has 0 saturated carbocycles. The molecule has 0 aromatic carbocycles. The first-order valence-electron chi connectivity index (χ1n) is 5.94. The molecule has 4 heteroatoms. The van der Waals surface area contributed by atoms with E-state index < -0.39 is 0 Å². The highest BCUT2D eigenvalue weighted by molar-refractivity contribution is 6.02. The van der Waals surface area contributed by atoms with Gasteiger partial charge in [0.25, 0.3) is 0 Å². The van der Waals surface area contributed by atoms with Crippen LogP contribution < -0.4 is 0 Å². The van der Waals surface area contributed by atoms with Crippen LogP contribution in [0.1, 0.15) is 50.2 Å². The van der Waals surface area contributed by atoms with Crippen molar-refractivity contribution in [3.8, 4) is 0 Å². The maximum absolute atomic E-state index is 12.2. The minimum Gasteiger partial charge on any atom is -0.469 e. The van der Waals surface area contributed by atoms with Crippen LogP contribution in [-0.2, 0) is 6.42 Å². The van der Waals surface area contributed by atoms with Gasteiger partial charge >= 0.3 is 0 Å². The Bertz CT molecular complexity index is 607. The SMILES string of the molecule is Cc1c(C=O)[nH]c2c1C(=O)CC(c1ccco1)C2. The summed E-state index contributed by atoms with van der Waals surface area (Å²) in [4.78, 5) is 26.1. The fraction of sp³-hybridized carbons (Fsp3) is 0.286. The second kappa shape index (κ2) is 3.98. The van der Waals surface area contributed by atoms with E-state index in [4.69, 9.17) is 4.42 Å². The summed E-state index contributed by atoms with van der Waals surface area (Å²) >= 11 is 0. The van der Waals surface area contributed by atoms with Crippen molar-refractivity contribution < 1.29 is 14.0 Å². The van der Waals surface area contributed by atoms with Crippen molar-refractivity contribution in [3.63, 3.8) is 0 Å². The first-order chi connectivity index (χ1) is 8.70. The summed E-state index contributed by atoms with van der Waals surface area (Å²) in [6.07, 6.45) is 3.54. The number of furan rings is 1. The Balaban J connectivity index is 2.03. The Morgan fingerprint density at radius 1 is 1.44 bits per heavy atom. The fourth-order valence-electron chi connectivity index (χ4n) is 2.70. The molecule has 0 bridgehead atoms. The smallest absolute Gasteiger partial charge is 0.166 e. The lowest BCUT2D eigenvalue weighted by atomic mass is 9.84. The Morgan fingerprint density at radius 2 is 2.28 bits per heavy atom. The quantitative estimate of drug-likeness (QED) is 0.825. The monoisotopic (exact) mass is 243 g/mol. The van der Waals surface area contributed by atoms with Crippen molar-refractivity contribution in [2.45, 2.75) is 25.7 Å².